The highest BCUT2D eigenvalue weighted by Crippen LogP contribution is 2.37. The van der Waals surface area contributed by atoms with Crippen LogP contribution in [0, 0.1) is 11.3 Å². The Morgan fingerprint density at radius 3 is 2.96 bits per heavy atom. The maximum Gasteiger partial charge on any atom is 0.239 e. The molecule has 0 bridgehead atoms. The number of nitrogens with one attached hydrogen (secondary N) is 1. The maximum atomic E-state index is 12.4. The van der Waals surface area contributed by atoms with E-state index in [0.717, 1.165) is 42.9 Å². The Balaban J connectivity index is 1.66. The van der Waals surface area contributed by atoms with Crippen molar-refractivity contribution in [3.63, 3.8) is 0 Å². The van der Waals surface area contributed by atoms with Crippen molar-refractivity contribution in [2.45, 2.75) is 39.2 Å². The van der Waals surface area contributed by atoms with E-state index in [2.05, 4.69) is 34.7 Å². The molecule has 24 heavy (non-hydrogen) atoms. The van der Waals surface area contributed by atoms with Gasteiger partial charge in [-0.1, -0.05) is 13.0 Å². The molecule has 0 atom stereocenters. The van der Waals surface area contributed by atoms with Gasteiger partial charge >= 0.3 is 0 Å². The highest BCUT2D eigenvalue weighted by molar-refractivity contribution is 7.16. The number of nitrogens with zero attached hydrogens (tertiary/aromatic N) is 2. The number of hydrogen-bond acceptors (Lipinski definition) is 5. The van der Waals surface area contributed by atoms with E-state index in [4.69, 9.17) is 0 Å². The lowest BCUT2D eigenvalue weighted by Gasteiger charge is -2.18. The molecule has 0 saturated heterocycles. The third kappa shape index (κ3) is 3.86. The van der Waals surface area contributed by atoms with E-state index in [1.165, 1.54) is 16.2 Å². The third-order valence-electron chi connectivity index (χ3n) is 4.31. The summed E-state index contributed by atoms with van der Waals surface area (Å²) < 4.78 is 0. The highest BCUT2D eigenvalue weighted by Gasteiger charge is 2.22. The SMILES string of the molecule is CCN(CC(=O)Nc1sc2c(c1C#N)CCCC2)Cc1cccs1. The van der Waals surface area contributed by atoms with Crippen LogP contribution in [0.25, 0.3) is 0 Å². The quantitative estimate of drug-likeness (QED) is 0.847. The Kier molecular flexibility index (Phi) is 5.67. The number of carbonyl (C=O) groups is 1. The summed E-state index contributed by atoms with van der Waals surface area (Å²) in [5.41, 5.74) is 1.85. The molecule has 2 heterocycles. The van der Waals surface area contributed by atoms with E-state index < -0.39 is 0 Å². The molecule has 2 aromatic heterocycles. The number of rotatable bonds is 6. The Morgan fingerprint density at radius 2 is 2.25 bits per heavy atom. The third-order valence-corrected chi connectivity index (χ3v) is 6.38. The minimum atomic E-state index is -0.0384. The molecule has 0 unspecified atom stereocenters. The molecule has 0 aliphatic heterocycles. The number of fused-ring (bicyclic) bond motifs is 1. The van der Waals surface area contributed by atoms with Crippen molar-refractivity contribution in [3.8, 4) is 6.07 Å². The summed E-state index contributed by atoms with van der Waals surface area (Å²) in [4.78, 5) is 17.1. The van der Waals surface area contributed by atoms with Gasteiger partial charge in [0.15, 0.2) is 0 Å². The van der Waals surface area contributed by atoms with Gasteiger partial charge in [-0.15, -0.1) is 22.7 Å². The number of aryl methyl sites for hydroxylation is 1. The van der Waals surface area contributed by atoms with Gasteiger partial charge in [-0.2, -0.15) is 5.26 Å². The van der Waals surface area contributed by atoms with Gasteiger partial charge in [-0.25, -0.2) is 0 Å². The van der Waals surface area contributed by atoms with Crippen LogP contribution in [0.4, 0.5) is 5.00 Å². The Bertz CT molecular complexity index is 743. The van der Waals surface area contributed by atoms with Crippen molar-refractivity contribution in [2.24, 2.45) is 0 Å². The van der Waals surface area contributed by atoms with E-state index >= 15 is 0 Å². The molecule has 6 heteroatoms. The molecule has 1 aliphatic carbocycles. The highest BCUT2D eigenvalue weighted by atomic mass is 32.1. The van der Waals surface area contributed by atoms with Gasteiger partial charge in [0.2, 0.25) is 5.91 Å². The number of anilines is 1. The molecule has 0 fully saturated rings. The lowest BCUT2D eigenvalue weighted by atomic mass is 9.96. The number of hydrogen-bond donors (Lipinski definition) is 1. The second kappa shape index (κ2) is 7.93. The summed E-state index contributed by atoms with van der Waals surface area (Å²) in [6.45, 7) is 4.01. The van der Waals surface area contributed by atoms with E-state index in [0.29, 0.717) is 12.1 Å². The normalized spacial score (nSPS) is 13.5. The average Bonchev–Trinajstić information content (AvgIpc) is 3.20. The topological polar surface area (TPSA) is 56.1 Å². The number of thiophene rings is 2. The summed E-state index contributed by atoms with van der Waals surface area (Å²) in [7, 11) is 0. The molecule has 0 spiro atoms. The fourth-order valence-corrected chi connectivity index (χ4v) is 5.05. The Hall–Kier alpha value is -1.68. The van der Waals surface area contributed by atoms with Gasteiger partial charge in [0, 0.05) is 16.3 Å². The van der Waals surface area contributed by atoms with Crippen LogP contribution in [-0.2, 0) is 24.2 Å². The average molecular weight is 360 g/mol. The molecular formula is C18H21N3OS2. The lowest BCUT2D eigenvalue weighted by molar-refractivity contribution is -0.117. The molecule has 4 nitrogen and oxygen atoms in total. The number of nitriles is 1. The zero-order valence-electron chi connectivity index (χ0n) is 13.8. The molecular weight excluding hydrogens is 338 g/mol. The molecule has 3 rings (SSSR count). The summed E-state index contributed by atoms with van der Waals surface area (Å²) in [6, 6.07) is 6.42. The molecule has 0 saturated carbocycles. The van der Waals surface area contributed by atoms with Crippen molar-refractivity contribution in [1.82, 2.24) is 4.90 Å². The monoisotopic (exact) mass is 359 g/mol. The van der Waals surface area contributed by atoms with Crippen LogP contribution in [-0.4, -0.2) is 23.9 Å². The van der Waals surface area contributed by atoms with E-state index in [1.54, 1.807) is 22.7 Å². The zero-order chi connectivity index (χ0) is 16.9. The molecule has 0 radical (unpaired) electrons. The molecule has 2 aromatic rings. The van der Waals surface area contributed by atoms with Crippen LogP contribution >= 0.6 is 22.7 Å². The second-order valence-electron chi connectivity index (χ2n) is 5.96. The van der Waals surface area contributed by atoms with Gasteiger partial charge in [0.05, 0.1) is 12.1 Å². The molecule has 0 aromatic carbocycles. The molecule has 1 amide bonds. The van der Waals surface area contributed by atoms with Crippen molar-refractivity contribution in [3.05, 3.63) is 38.4 Å². The first-order chi connectivity index (χ1) is 11.7. The zero-order valence-corrected chi connectivity index (χ0v) is 15.4. The standard InChI is InChI=1S/C18H21N3OS2/c1-2-21(11-13-6-5-9-23-13)12-17(22)20-18-15(10-19)14-7-3-4-8-16(14)24-18/h5-6,9H,2-4,7-8,11-12H2,1H3,(H,20,22). The first-order valence-electron chi connectivity index (χ1n) is 8.30. The second-order valence-corrected chi connectivity index (χ2v) is 8.10. The van der Waals surface area contributed by atoms with Crippen LogP contribution < -0.4 is 5.32 Å². The smallest absolute Gasteiger partial charge is 0.239 e. The van der Waals surface area contributed by atoms with Crippen LogP contribution in [0.5, 0.6) is 0 Å². The van der Waals surface area contributed by atoms with Crippen LogP contribution in [0.3, 0.4) is 0 Å². The van der Waals surface area contributed by atoms with Crippen LogP contribution in [0.15, 0.2) is 17.5 Å². The minimum Gasteiger partial charge on any atom is -0.315 e. The van der Waals surface area contributed by atoms with Crippen molar-refractivity contribution >= 4 is 33.6 Å². The summed E-state index contributed by atoms with van der Waals surface area (Å²) in [5, 5.41) is 15.2. The Labute approximate surface area is 150 Å². The van der Waals surface area contributed by atoms with Crippen molar-refractivity contribution in [1.29, 1.82) is 5.26 Å². The van der Waals surface area contributed by atoms with Gasteiger partial charge in [-0.05, 0) is 49.2 Å². The van der Waals surface area contributed by atoms with E-state index in [-0.39, 0.29) is 5.91 Å². The number of carbonyl (C=O) groups excluding carboxylic acids is 1. The summed E-state index contributed by atoms with van der Waals surface area (Å²) in [6.07, 6.45) is 4.31. The first kappa shape index (κ1) is 17.2. The molecule has 1 N–H and O–H groups in total. The van der Waals surface area contributed by atoms with Gasteiger partial charge in [0.1, 0.15) is 11.1 Å². The first-order valence-corrected chi connectivity index (χ1v) is 10.00. The van der Waals surface area contributed by atoms with Gasteiger partial charge in [-0.3, -0.25) is 9.69 Å². The maximum absolute atomic E-state index is 12.4. The minimum absolute atomic E-state index is 0.0384. The number of likely N-dealkylation sites (N-methyl/N-ethyl adjacent to an activating group) is 1. The molecule has 126 valence electrons. The van der Waals surface area contributed by atoms with E-state index in [1.807, 2.05) is 6.07 Å². The van der Waals surface area contributed by atoms with Gasteiger partial charge < -0.3 is 5.32 Å². The van der Waals surface area contributed by atoms with Crippen LogP contribution in [0.1, 0.15) is 40.6 Å². The summed E-state index contributed by atoms with van der Waals surface area (Å²) >= 11 is 3.29. The number of amides is 1. The predicted molar refractivity (Wildman–Crippen MR) is 99.6 cm³/mol. The Morgan fingerprint density at radius 1 is 1.42 bits per heavy atom. The fourth-order valence-electron chi connectivity index (χ4n) is 3.04. The molecule has 1 aliphatic rings. The fraction of sp³-hybridized carbons (Fsp3) is 0.444. The van der Waals surface area contributed by atoms with Crippen molar-refractivity contribution < 1.29 is 4.79 Å². The van der Waals surface area contributed by atoms with Gasteiger partial charge in [0.25, 0.3) is 0 Å². The largest absolute Gasteiger partial charge is 0.315 e. The lowest BCUT2D eigenvalue weighted by Crippen LogP contribution is -2.32. The van der Waals surface area contributed by atoms with Crippen molar-refractivity contribution in [2.75, 3.05) is 18.4 Å². The predicted octanol–water partition coefficient (Wildman–Crippen LogP) is 4.02. The summed E-state index contributed by atoms with van der Waals surface area (Å²) in [5.74, 6) is -0.0384. The van der Waals surface area contributed by atoms with Crippen LogP contribution in [0.2, 0.25) is 0 Å². The van der Waals surface area contributed by atoms with E-state index in [9.17, 15) is 10.1 Å².